The monoisotopic (exact) mass is 484 g/mol. The topological polar surface area (TPSA) is 65.5 Å². The first kappa shape index (κ1) is 22.7. The Morgan fingerprint density at radius 3 is 2.72 bits per heavy atom. The van der Waals surface area contributed by atoms with Crippen molar-refractivity contribution in [2.75, 3.05) is 42.1 Å². The van der Waals surface area contributed by atoms with Crippen molar-refractivity contribution in [1.29, 1.82) is 0 Å². The Balaban J connectivity index is 1.47. The molecule has 2 aliphatic rings. The zero-order chi connectivity index (χ0) is 22.9. The van der Waals surface area contributed by atoms with Gasteiger partial charge in [0.2, 0.25) is 5.91 Å². The molecule has 0 unspecified atom stereocenters. The molecule has 0 aliphatic carbocycles. The van der Waals surface area contributed by atoms with Crippen LogP contribution in [0.1, 0.15) is 28.8 Å². The summed E-state index contributed by atoms with van der Waals surface area (Å²) in [6.07, 6.45) is -2.70. The Kier molecular flexibility index (Phi) is 6.52. The molecule has 11 heteroatoms. The highest BCUT2D eigenvalue weighted by Gasteiger charge is 2.32. The van der Waals surface area contributed by atoms with Crippen LogP contribution in [0.2, 0.25) is 5.02 Å². The minimum absolute atomic E-state index is 0.0707. The third kappa shape index (κ3) is 4.96. The minimum atomic E-state index is -4.51. The maximum Gasteiger partial charge on any atom is 0.417 e. The first-order chi connectivity index (χ1) is 15.2. The molecule has 1 aromatic carbocycles. The van der Waals surface area contributed by atoms with Crippen molar-refractivity contribution in [2.45, 2.75) is 23.9 Å². The lowest BCUT2D eigenvalue weighted by Gasteiger charge is -2.24. The van der Waals surface area contributed by atoms with Gasteiger partial charge in [0.15, 0.2) is 0 Å². The van der Waals surface area contributed by atoms with Crippen molar-refractivity contribution in [2.24, 2.45) is 0 Å². The van der Waals surface area contributed by atoms with Crippen molar-refractivity contribution in [3.05, 3.63) is 46.6 Å². The molecule has 0 bridgehead atoms. The molecule has 1 N–H and O–H groups in total. The van der Waals surface area contributed by atoms with E-state index in [-0.39, 0.29) is 22.7 Å². The van der Waals surface area contributed by atoms with Crippen LogP contribution in [-0.4, -0.2) is 53.6 Å². The predicted octanol–water partition coefficient (Wildman–Crippen LogP) is 4.54. The number of amides is 2. The molecule has 3 heterocycles. The normalized spacial score (nSPS) is 17.3. The third-order valence-corrected chi connectivity index (χ3v) is 6.67. The molecule has 4 rings (SSSR count). The van der Waals surface area contributed by atoms with E-state index in [4.69, 9.17) is 11.6 Å². The molecule has 170 valence electrons. The van der Waals surface area contributed by atoms with Crippen LogP contribution in [0.25, 0.3) is 0 Å². The standard InChI is InChI=1S/C21H20ClF3N4O2S/c22-15-11-14(21(23,24)25)12-26-19(15)28-5-1-6-29(8-7-28)20(31)13-2-3-17-16(10-13)27-18(30)4-9-32-17/h2-3,10-12H,1,4-9H2,(H,27,30). The summed E-state index contributed by atoms with van der Waals surface area (Å²) in [7, 11) is 0. The Labute approximate surface area is 192 Å². The number of alkyl halides is 3. The quantitative estimate of drug-likeness (QED) is 0.678. The van der Waals surface area contributed by atoms with E-state index < -0.39 is 11.7 Å². The van der Waals surface area contributed by atoms with Gasteiger partial charge in [0.05, 0.1) is 16.3 Å². The van der Waals surface area contributed by atoms with E-state index in [1.54, 1.807) is 33.7 Å². The molecule has 1 fully saturated rings. The van der Waals surface area contributed by atoms with Gasteiger partial charge in [-0.2, -0.15) is 13.2 Å². The number of hydrogen-bond acceptors (Lipinski definition) is 5. The number of anilines is 2. The van der Waals surface area contributed by atoms with Gasteiger partial charge in [-0.25, -0.2) is 4.98 Å². The average molecular weight is 485 g/mol. The van der Waals surface area contributed by atoms with E-state index in [9.17, 15) is 22.8 Å². The lowest BCUT2D eigenvalue weighted by atomic mass is 10.1. The highest BCUT2D eigenvalue weighted by Crippen LogP contribution is 2.34. The van der Waals surface area contributed by atoms with Gasteiger partial charge >= 0.3 is 6.18 Å². The Hall–Kier alpha value is -2.46. The van der Waals surface area contributed by atoms with Crippen molar-refractivity contribution in [3.8, 4) is 0 Å². The number of pyridine rings is 1. The number of benzene rings is 1. The summed E-state index contributed by atoms with van der Waals surface area (Å²) in [5.74, 6) is 0.727. The van der Waals surface area contributed by atoms with Gasteiger partial charge < -0.3 is 15.1 Å². The lowest BCUT2D eigenvalue weighted by molar-refractivity contribution is -0.137. The van der Waals surface area contributed by atoms with Gasteiger partial charge in [-0.15, -0.1) is 11.8 Å². The summed E-state index contributed by atoms with van der Waals surface area (Å²) >= 11 is 7.66. The number of hydrogen-bond donors (Lipinski definition) is 1. The number of rotatable bonds is 2. The Morgan fingerprint density at radius 1 is 1.16 bits per heavy atom. The highest BCUT2D eigenvalue weighted by molar-refractivity contribution is 7.99. The number of thioether (sulfide) groups is 1. The second kappa shape index (κ2) is 9.19. The van der Waals surface area contributed by atoms with Crippen LogP contribution in [0.5, 0.6) is 0 Å². The third-order valence-electron chi connectivity index (χ3n) is 5.32. The molecule has 0 spiro atoms. The number of nitrogens with zero attached hydrogens (tertiary/aromatic N) is 3. The van der Waals surface area contributed by atoms with E-state index in [1.807, 2.05) is 6.07 Å². The zero-order valence-electron chi connectivity index (χ0n) is 16.9. The van der Waals surface area contributed by atoms with Crippen molar-refractivity contribution < 1.29 is 22.8 Å². The van der Waals surface area contributed by atoms with Gasteiger partial charge in [0, 0.05) is 55.0 Å². The summed E-state index contributed by atoms with van der Waals surface area (Å²) in [4.78, 5) is 33.3. The SMILES string of the molecule is O=C1CCSc2ccc(C(=O)N3CCCN(c4ncc(C(F)(F)F)cc4Cl)CC3)cc2N1. The largest absolute Gasteiger partial charge is 0.417 e. The number of halogens is 4. The van der Waals surface area contributed by atoms with Crippen LogP contribution in [0.15, 0.2) is 35.4 Å². The number of nitrogens with one attached hydrogen (secondary N) is 1. The highest BCUT2D eigenvalue weighted by atomic mass is 35.5. The molecule has 1 aromatic heterocycles. The van der Waals surface area contributed by atoms with Crippen molar-refractivity contribution in [3.63, 3.8) is 0 Å². The summed E-state index contributed by atoms with van der Waals surface area (Å²) in [6.45, 7) is 1.77. The number of carbonyl (C=O) groups is 2. The molecule has 2 amide bonds. The zero-order valence-corrected chi connectivity index (χ0v) is 18.5. The van der Waals surface area contributed by atoms with Crippen molar-refractivity contribution >= 4 is 46.7 Å². The van der Waals surface area contributed by atoms with Gasteiger partial charge in [0.25, 0.3) is 5.91 Å². The predicted molar refractivity (Wildman–Crippen MR) is 117 cm³/mol. The van der Waals surface area contributed by atoms with Crippen LogP contribution >= 0.6 is 23.4 Å². The molecular formula is C21H20ClF3N4O2S. The van der Waals surface area contributed by atoms with Crippen LogP contribution in [0.4, 0.5) is 24.7 Å². The van der Waals surface area contributed by atoms with E-state index in [1.165, 1.54) is 0 Å². The smallest absolute Gasteiger partial charge is 0.354 e. The Morgan fingerprint density at radius 2 is 1.97 bits per heavy atom. The van der Waals surface area contributed by atoms with Crippen molar-refractivity contribution in [1.82, 2.24) is 9.88 Å². The summed E-state index contributed by atoms with van der Waals surface area (Å²) < 4.78 is 38.6. The number of aromatic nitrogens is 1. The minimum Gasteiger partial charge on any atom is -0.354 e. The molecule has 6 nitrogen and oxygen atoms in total. The van der Waals surface area contributed by atoms with E-state index >= 15 is 0 Å². The van der Waals surface area contributed by atoms with Crippen LogP contribution in [0, 0.1) is 0 Å². The second-order valence-electron chi connectivity index (χ2n) is 7.52. The average Bonchev–Trinajstić information content (AvgIpc) is 3.09. The van der Waals surface area contributed by atoms with Gasteiger partial charge in [0.1, 0.15) is 5.82 Å². The first-order valence-corrected chi connectivity index (χ1v) is 11.4. The van der Waals surface area contributed by atoms with Crippen LogP contribution in [-0.2, 0) is 11.0 Å². The summed E-state index contributed by atoms with van der Waals surface area (Å²) in [5, 5.41) is 2.77. The van der Waals surface area contributed by atoms with Gasteiger partial charge in [-0.05, 0) is 30.7 Å². The summed E-state index contributed by atoms with van der Waals surface area (Å²) in [5.41, 5.74) is 0.220. The fraction of sp³-hybridized carbons (Fsp3) is 0.381. The summed E-state index contributed by atoms with van der Waals surface area (Å²) in [6, 6.07) is 6.17. The maximum absolute atomic E-state index is 13.1. The van der Waals surface area contributed by atoms with E-state index in [2.05, 4.69) is 10.3 Å². The molecule has 32 heavy (non-hydrogen) atoms. The van der Waals surface area contributed by atoms with E-state index in [0.717, 1.165) is 17.2 Å². The lowest BCUT2D eigenvalue weighted by Crippen LogP contribution is -2.35. The molecule has 0 radical (unpaired) electrons. The molecule has 0 atom stereocenters. The molecule has 2 aromatic rings. The number of fused-ring (bicyclic) bond motifs is 1. The maximum atomic E-state index is 13.1. The van der Waals surface area contributed by atoms with Crippen LogP contribution < -0.4 is 10.2 Å². The molecule has 1 saturated heterocycles. The second-order valence-corrected chi connectivity index (χ2v) is 9.06. The van der Waals surface area contributed by atoms with Crippen LogP contribution in [0.3, 0.4) is 0 Å². The Bertz CT molecular complexity index is 1050. The van der Waals surface area contributed by atoms with Gasteiger partial charge in [-0.3, -0.25) is 9.59 Å². The van der Waals surface area contributed by atoms with Gasteiger partial charge in [-0.1, -0.05) is 11.6 Å². The molecular weight excluding hydrogens is 465 g/mol. The van der Waals surface area contributed by atoms with E-state index in [0.29, 0.717) is 56.0 Å². The fourth-order valence-electron chi connectivity index (χ4n) is 3.69. The first-order valence-electron chi connectivity index (χ1n) is 10.1. The fourth-order valence-corrected chi connectivity index (χ4v) is 4.91. The number of carbonyl (C=O) groups excluding carboxylic acids is 2. The molecule has 0 saturated carbocycles. The molecule has 2 aliphatic heterocycles.